The van der Waals surface area contributed by atoms with Gasteiger partial charge >= 0.3 is 0 Å². The Morgan fingerprint density at radius 1 is 1.00 bits per heavy atom. The summed E-state index contributed by atoms with van der Waals surface area (Å²) in [6.07, 6.45) is 3.04. The summed E-state index contributed by atoms with van der Waals surface area (Å²) in [6, 6.07) is 20.5. The molecule has 5 heteroatoms. The van der Waals surface area contributed by atoms with E-state index in [9.17, 15) is 9.59 Å². The van der Waals surface area contributed by atoms with E-state index in [4.69, 9.17) is 4.42 Å². The fourth-order valence-electron chi connectivity index (χ4n) is 2.81. The third-order valence-corrected chi connectivity index (χ3v) is 4.57. The van der Waals surface area contributed by atoms with Crippen molar-refractivity contribution in [2.24, 2.45) is 0 Å². The smallest absolute Gasteiger partial charge is 0.267 e. The molecule has 1 heterocycles. The summed E-state index contributed by atoms with van der Waals surface area (Å²) >= 11 is 0. The third kappa shape index (κ3) is 5.69. The quantitative estimate of drug-likeness (QED) is 0.594. The zero-order valence-electron chi connectivity index (χ0n) is 16.5. The largest absolute Gasteiger partial charge is 0.465 e. The highest BCUT2D eigenvalue weighted by atomic mass is 16.3. The highest BCUT2D eigenvalue weighted by Gasteiger charge is 2.16. The molecule has 0 aliphatic heterocycles. The van der Waals surface area contributed by atoms with Gasteiger partial charge in [0.05, 0.1) is 6.26 Å². The summed E-state index contributed by atoms with van der Waals surface area (Å²) in [5, 5.41) is 5.60. The van der Waals surface area contributed by atoms with Gasteiger partial charge in [-0.15, -0.1) is 0 Å². The Bertz CT molecular complexity index is 975. The van der Waals surface area contributed by atoms with Gasteiger partial charge < -0.3 is 15.1 Å². The molecule has 1 aromatic heterocycles. The standard InChI is InChI=1S/C24H24N2O3/c1-17-10-12-20(13-11-17)23(27)26-22(15-21-9-6-14-29-21)24(28)25-16-18(2)19-7-4-3-5-8-19/h3-15,18H,16H2,1-2H3,(H,25,28)(H,26,27)/b22-15-. The van der Waals surface area contributed by atoms with Crippen molar-refractivity contribution in [1.82, 2.24) is 10.6 Å². The van der Waals surface area contributed by atoms with Crippen LogP contribution in [0.3, 0.4) is 0 Å². The van der Waals surface area contributed by atoms with Gasteiger partial charge in [0.15, 0.2) is 0 Å². The predicted octanol–water partition coefficient (Wildman–Crippen LogP) is 4.28. The number of amides is 2. The first-order valence-electron chi connectivity index (χ1n) is 9.49. The van der Waals surface area contributed by atoms with Gasteiger partial charge in [-0.2, -0.15) is 0 Å². The minimum absolute atomic E-state index is 0.130. The summed E-state index contributed by atoms with van der Waals surface area (Å²) in [5.41, 5.74) is 2.80. The molecule has 0 spiro atoms. The lowest BCUT2D eigenvalue weighted by Gasteiger charge is -2.15. The van der Waals surface area contributed by atoms with Crippen molar-refractivity contribution < 1.29 is 14.0 Å². The molecule has 0 bridgehead atoms. The van der Waals surface area contributed by atoms with Gasteiger partial charge in [0.2, 0.25) is 0 Å². The van der Waals surface area contributed by atoms with Crippen LogP contribution in [0.4, 0.5) is 0 Å². The minimum Gasteiger partial charge on any atom is -0.465 e. The number of rotatable bonds is 7. The summed E-state index contributed by atoms with van der Waals surface area (Å²) in [5.74, 6) is -0.105. The maximum Gasteiger partial charge on any atom is 0.267 e. The molecule has 0 aliphatic carbocycles. The third-order valence-electron chi connectivity index (χ3n) is 4.57. The van der Waals surface area contributed by atoms with E-state index in [0.717, 1.165) is 11.1 Å². The summed E-state index contributed by atoms with van der Waals surface area (Å²) in [7, 11) is 0. The Morgan fingerprint density at radius 2 is 1.72 bits per heavy atom. The van der Waals surface area contributed by atoms with E-state index in [1.165, 1.54) is 12.3 Å². The number of aryl methyl sites for hydroxylation is 1. The number of hydrogen-bond acceptors (Lipinski definition) is 3. The Labute approximate surface area is 170 Å². The molecular formula is C24H24N2O3. The molecule has 0 aliphatic rings. The molecule has 148 valence electrons. The van der Waals surface area contributed by atoms with Crippen molar-refractivity contribution in [3.63, 3.8) is 0 Å². The van der Waals surface area contributed by atoms with Crippen molar-refractivity contribution in [2.75, 3.05) is 6.54 Å². The normalized spacial score (nSPS) is 12.3. The van der Waals surface area contributed by atoms with Gasteiger partial charge in [-0.25, -0.2) is 0 Å². The second-order valence-corrected chi connectivity index (χ2v) is 6.92. The van der Waals surface area contributed by atoms with E-state index in [1.54, 1.807) is 24.3 Å². The zero-order valence-corrected chi connectivity index (χ0v) is 16.5. The van der Waals surface area contributed by atoms with Gasteiger partial charge in [0.1, 0.15) is 11.5 Å². The van der Waals surface area contributed by atoms with Crippen molar-refractivity contribution >= 4 is 17.9 Å². The Kier molecular flexibility index (Phi) is 6.63. The first kappa shape index (κ1) is 20.1. The highest BCUT2D eigenvalue weighted by Crippen LogP contribution is 2.14. The van der Waals surface area contributed by atoms with Crippen LogP contribution in [0.1, 0.15) is 40.1 Å². The predicted molar refractivity (Wildman–Crippen MR) is 113 cm³/mol. The Balaban J connectivity index is 1.72. The van der Waals surface area contributed by atoms with Crippen molar-refractivity contribution in [1.29, 1.82) is 0 Å². The molecule has 0 radical (unpaired) electrons. The maximum absolute atomic E-state index is 12.8. The fraction of sp³-hybridized carbons (Fsp3) is 0.167. The van der Waals surface area contributed by atoms with Crippen LogP contribution in [0.5, 0.6) is 0 Å². The molecule has 3 rings (SSSR count). The van der Waals surface area contributed by atoms with Crippen LogP contribution in [0, 0.1) is 6.92 Å². The first-order valence-corrected chi connectivity index (χ1v) is 9.49. The molecule has 0 saturated heterocycles. The van der Waals surface area contributed by atoms with E-state index in [-0.39, 0.29) is 23.4 Å². The summed E-state index contributed by atoms with van der Waals surface area (Å²) in [4.78, 5) is 25.4. The monoisotopic (exact) mass is 388 g/mol. The van der Waals surface area contributed by atoms with Gasteiger partial charge in [0.25, 0.3) is 11.8 Å². The molecule has 0 fully saturated rings. The average Bonchev–Trinajstić information content (AvgIpc) is 3.25. The first-order chi connectivity index (χ1) is 14.0. The molecule has 2 amide bonds. The van der Waals surface area contributed by atoms with Crippen LogP contribution in [0.15, 0.2) is 83.1 Å². The van der Waals surface area contributed by atoms with Crippen LogP contribution in [0.25, 0.3) is 6.08 Å². The molecule has 1 unspecified atom stereocenters. The number of hydrogen-bond donors (Lipinski definition) is 2. The number of nitrogens with one attached hydrogen (secondary N) is 2. The van der Waals surface area contributed by atoms with E-state index < -0.39 is 0 Å². The molecule has 0 saturated carbocycles. The van der Waals surface area contributed by atoms with Gasteiger partial charge in [-0.05, 0) is 42.7 Å². The Morgan fingerprint density at radius 3 is 2.38 bits per heavy atom. The number of furan rings is 1. The van der Waals surface area contributed by atoms with Crippen LogP contribution < -0.4 is 10.6 Å². The molecule has 2 N–H and O–H groups in total. The number of carbonyl (C=O) groups excluding carboxylic acids is 2. The van der Waals surface area contributed by atoms with Crippen LogP contribution in [0.2, 0.25) is 0 Å². The summed E-state index contributed by atoms with van der Waals surface area (Å²) in [6.45, 7) is 4.43. The van der Waals surface area contributed by atoms with Crippen LogP contribution in [-0.4, -0.2) is 18.4 Å². The number of carbonyl (C=O) groups is 2. The van der Waals surface area contributed by atoms with E-state index in [0.29, 0.717) is 17.9 Å². The highest BCUT2D eigenvalue weighted by molar-refractivity contribution is 6.05. The lowest BCUT2D eigenvalue weighted by Crippen LogP contribution is -2.36. The molecule has 29 heavy (non-hydrogen) atoms. The second kappa shape index (κ2) is 9.55. The second-order valence-electron chi connectivity index (χ2n) is 6.92. The minimum atomic E-state index is -0.371. The molecule has 1 atom stereocenters. The zero-order chi connectivity index (χ0) is 20.6. The van der Waals surface area contributed by atoms with Crippen LogP contribution in [-0.2, 0) is 4.79 Å². The topological polar surface area (TPSA) is 71.3 Å². The SMILES string of the molecule is Cc1ccc(C(=O)N/C(=C\c2ccco2)C(=O)NCC(C)c2ccccc2)cc1. The van der Waals surface area contributed by atoms with Crippen molar-refractivity contribution in [2.45, 2.75) is 19.8 Å². The van der Waals surface area contributed by atoms with Crippen LogP contribution >= 0.6 is 0 Å². The maximum atomic E-state index is 12.8. The fourth-order valence-corrected chi connectivity index (χ4v) is 2.81. The average molecular weight is 388 g/mol. The van der Waals surface area contributed by atoms with E-state index in [1.807, 2.05) is 56.3 Å². The summed E-state index contributed by atoms with van der Waals surface area (Å²) < 4.78 is 5.30. The van der Waals surface area contributed by atoms with Crippen molar-refractivity contribution in [3.8, 4) is 0 Å². The van der Waals surface area contributed by atoms with Gasteiger partial charge in [0, 0.05) is 18.2 Å². The number of benzene rings is 2. The molecular weight excluding hydrogens is 364 g/mol. The van der Waals surface area contributed by atoms with Gasteiger partial charge in [-0.1, -0.05) is 55.0 Å². The van der Waals surface area contributed by atoms with Crippen molar-refractivity contribution in [3.05, 3.63) is 101 Å². The Hall–Kier alpha value is -3.60. The lowest BCUT2D eigenvalue weighted by atomic mass is 10.0. The molecule has 3 aromatic rings. The molecule has 2 aromatic carbocycles. The van der Waals surface area contributed by atoms with E-state index >= 15 is 0 Å². The van der Waals surface area contributed by atoms with Gasteiger partial charge in [-0.3, -0.25) is 9.59 Å². The van der Waals surface area contributed by atoms with E-state index in [2.05, 4.69) is 10.6 Å². The molecule has 5 nitrogen and oxygen atoms in total. The lowest BCUT2D eigenvalue weighted by molar-refractivity contribution is -0.117.